The van der Waals surface area contributed by atoms with E-state index in [1.807, 2.05) is 0 Å². The zero-order valence-corrected chi connectivity index (χ0v) is 11.8. The Balaban J connectivity index is 2.06. The number of nitrogen functional groups attached to an aromatic ring is 1. The number of aromatic hydroxyl groups is 1. The molecule has 0 saturated heterocycles. The molecular weight excluding hydrogens is 256 g/mol. The monoisotopic (exact) mass is 276 g/mol. The molecule has 0 saturated carbocycles. The van der Waals surface area contributed by atoms with E-state index in [0.29, 0.717) is 23.0 Å². The molecule has 6 nitrogen and oxygen atoms in total. The van der Waals surface area contributed by atoms with Crippen LogP contribution in [0.4, 0.5) is 5.69 Å². The summed E-state index contributed by atoms with van der Waals surface area (Å²) in [7, 11) is 0. The summed E-state index contributed by atoms with van der Waals surface area (Å²) in [5.41, 5.74) is 6.66. The van der Waals surface area contributed by atoms with Crippen LogP contribution in [-0.4, -0.2) is 39.8 Å². The lowest BCUT2D eigenvalue weighted by Crippen LogP contribution is -2.25. The van der Waals surface area contributed by atoms with Crippen molar-refractivity contribution >= 4 is 5.69 Å². The Morgan fingerprint density at radius 3 is 2.70 bits per heavy atom. The van der Waals surface area contributed by atoms with Crippen molar-refractivity contribution in [3.63, 3.8) is 0 Å². The molecule has 0 atom stereocenters. The zero-order valence-electron chi connectivity index (χ0n) is 11.8. The van der Waals surface area contributed by atoms with E-state index in [2.05, 4.69) is 28.9 Å². The van der Waals surface area contributed by atoms with Gasteiger partial charge in [-0.05, 0) is 31.3 Å². The van der Waals surface area contributed by atoms with Gasteiger partial charge in [-0.15, -0.1) is 0 Å². The number of hydrogen-bond donors (Lipinski definition) is 2. The molecule has 0 fully saturated rings. The smallest absolute Gasteiger partial charge is 0.258 e. The maximum absolute atomic E-state index is 9.40. The minimum atomic E-state index is 0.0509. The van der Waals surface area contributed by atoms with Crippen molar-refractivity contribution in [1.29, 1.82) is 0 Å². The third-order valence-electron chi connectivity index (χ3n) is 3.29. The van der Waals surface area contributed by atoms with Gasteiger partial charge in [0.15, 0.2) is 5.82 Å². The maximum Gasteiger partial charge on any atom is 0.258 e. The van der Waals surface area contributed by atoms with Gasteiger partial charge in [0, 0.05) is 18.5 Å². The van der Waals surface area contributed by atoms with Gasteiger partial charge in [0.2, 0.25) is 0 Å². The maximum atomic E-state index is 9.40. The predicted molar refractivity (Wildman–Crippen MR) is 77.3 cm³/mol. The standard InChI is InChI=1S/C14H20N4O2/c1-3-18(4-2)8-7-13-16-14(20-17-13)10-5-6-12(19)11(15)9-10/h5-6,9,19H,3-4,7-8,15H2,1-2H3. The third-order valence-corrected chi connectivity index (χ3v) is 3.29. The largest absolute Gasteiger partial charge is 0.506 e. The second-order valence-electron chi connectivity index (χ2n) is 4.57. The van der Waals surface area contributed by atoms with E-state index < -0.39 is 0 Å². The molecule has 1 aromatic carbocycles. The van der Waals surface area contributed by atoms with Crippen LogP contribution in [0.5, 0.6) is 5.75 Å². The summed E-state index contributed by atoms with van der Waals surface area (Å²) in [6.07, 6.45) is 0.749. The molecule has 0 spiro atoms. The Morgan fingerprint density at radius 2 is 2.05 bits per heavy atom. The van der Waals surface area contributed by atoms with E-state index in [4.69, 9.17) is 10.3 Å². The van der Waals surface area contributed by atoms with Crippen molar-refractivity contribution in [1.82, 2.24) is 15.0 Å². The highest BCUT2D eigenvalue weighted by Crippen LogP contribution is 2.26. The van der Waals surface area contributed by atoms with E-state index in [0.717, 1.165) is 26.1 Å². The van der Waals surface area contributed by atoms with Crippen LogP contribution in [0, 0.1) is 0 Å². The van der Waals surface area contributed by atoms with Gasteiger partial charge in [-0.3, -0.25) is 0 Å². The van der Waals surface area contributed by atoms with Crippen molar-refractivity contribution in [3.8, 4) is 17.2 Å². The second-order valence-corrected chi connectivity index (χ2v) is 4.57. The quantitative estimate of drug-likeness (QED) is 0.619. The highest BCUT2D eigenvalue weighted by Gasteiger charge is 2.11. The summed E-state index contributed by atoms with van der Waals surface area (Å²) < 4.78 is 5.23. The first-order chi connectivity index (χ1) is 9.63. The summed E-state index contributed by atoms with van der Waals surface area (Å²) in [4.78, 5) is 6.65. The zero-order chi connectivity index (χ0) is 14.5. The van der Waals surface area contributed by atoms with Crippen LogP contribution in [0.1, 0.15) is 19.7 Å². The van der Waals surface area contributed by atoms with Gasteiger partial charge in [-0.2, -0.15) is 4.98 Å². The molecule has 6 heteroatoms. The van der Waals surface area contributed by atoms with Crippen LogP contribution < -0.4 is 5.73 Å². The molecule has 20 heavy (non-hydrogen) atoms. The average Bonchev–Trinajstić information content (AvgIpc) is 2.92. The van der Waals surface area contributed by atoms with Crippen molar-refractivity contribution < 1.29 is 9.63 Å². The fourth-order valence-corrected chi connectivity index (χ4v) is 1.96. The average molecular weight is 276 g/mol. The molecule has 108 valence electrons. The number of phenolic OH excluding ortho intramolecular Hbond substituents is 1. The van der Waals surface area contributed by atoms with Gasteiger partial charge >= 0.3 is 0 Å². The topological polar surface area (TPSA) is 88.4 Å². The summed E-state index contributed by atoms with van der Waals surface area (Å²) in [5, 5.41) is 13.4. The molecule has 0 bridgehead atoms. The number of rotatable bonds is 6. The van der Waals surface area contributed by atoms with Gasteiger partial charge in [0.05, 0.1) is 5.69 Å². The Hall–Kier alpha value is -2.08. The van der Waals surface area contributed by atoms with Crippen LogP contribution in [0.3, 0.4) is 0 Å². The van der Waals surface area contributed by atoms with E-state index in [1.54, 1.807) is 12.1 Å². The SMILES string of the molecule is CCN(CC)CCc1noc(-c2ccc(O)c(N)c2)n1. The van der Waals surface area contributed by atoms with Crippen molar-refractivity contribution in [2.24, 2.45) is 0 Å². The number of likely N-dealkylation sites (N-methyl/N-ethyl adjacent to an activating group) is 1. The first kappa shape index (κ1) is 14.3. The molecule has 0 unspecified atom stereocenters. The minimum Gasteiger partial charge on any atom is -0.506 e. The Labute approximate surface area is 118 Å². The van der Waals surface area contributed by atoms with Gasteiger partial charge in [-0.25, -0.2) is 0 Å². The summed E-state index contributed by atoms with van der Waals surface area (Å²) in [5.74, 6) is 1.15. The van der Waals surface area contributed by atoms with Gasteiger partial charge in [0.25, 0.3) is 5.89 Å². The van der Waals surface area contributed by atoms with Crippen LogP contribution in [-0.2, 0) is 6.42 Å². The fraction of sp³-hybridized carbons (Fsp3) is 0.429. The molecule has 1 aromatic heterocycles. The van der Waals surface area contributed by atoms with Crippen molar-refractivity contribution in [2.75, 3.05) is 25.4 Å². The third kappa shape index (κ3) is 3.27. The Kier molecular flexibility index (Phi) is 4.57. The molecule has 2 rings (SSSR count). The molecule has 3 N–H and O–H groups in total. The van der Waals surface area contributed by atoms with Gasteiger partial charge < -0.3 is 20.3 Å². The normalized spacial score (nSPS) is 11.2. The molecule has 0 aliphatic heterocycles. The molecule has 0 aliphatic carbocycles. The first-order valence-electron chi connectivity index (χ1n) is 6.77. The molecule has 0 amide bonds. The van der Waals surface area contributed by atoms with Crippen LogP contribution in [0.15, 0.2) is 22.7 Å². The molecular formula is C14H20N4O2. The van der Waals surface area contributed by atoms with Crippen LogP contribution >= 0.6 is 0 Å². The number of nitrogens with zero attached hydrogens (tertiary/aromatic N) is 3. The number of benzene rings is 1. The van der Waals surface area contributed by atoms with Crippen LogP contribution in [0.2, 0.25) is 0 Å². The number of hydrogen-bond acceptors (Lipinski definition) is 6. The predicted octanol–water partition coefficient (Wildman–Crippen LogP) is 1.91. The summed E-state index contributed by atoms with van der Waals surface area (Å²) >= 11 is 0. The summed E-state index contributed by atoms with van der Waals surface area (Å²) in [6, 6.07) is 4.84. The Bertz CT molecular complexity index is 564. The second kappa shape index (κ2) is 6.38. The lowest BCUT2D eigenvalue weighted by atomic mass is 10.2. The van der Waals surface area contributed by atoms with Crippen molar-refractivity contribution in [3.05, 3.63) is 24.0 Å². The van der Waals surface area contributed by atoms with Crippen molar-refractivity contribution in [2.45, 2.75) is 20.3 Å². The Morgan fingerprint density at radius 1 is 1.30 bits per heavy atom. The highest BCUT2D eigenvalue weighted by atomic mass is 16.5. The van der Waals surface area contributed by atoms with E-state index in [9.17, 15) is 5.11 Å². The molecule has 2 aromatic rings. The van der Waals surface area contributed by atoms with Gasteiger partial charge in [0.1, 0.15) is 5.75 Å². The van der Waals surface area contributed by atoms with Crippen LogP contribution in [0.25, 0.3) is 11.5 Å². The highest BCUT2D eigenvalue weighted by molar-refractivity contribution is 5.64. The number of phenols is 1. The van der Waals surface area contributed by atoms with E-state index in [-0.39, 0.29) is 5.75 Å². The number of aromatic nitrogens is 2. The minimum absolute atomic E-state index is 0.0509. The number of nitrogens with two attached hydrogens (primary N) is 1. The molecule has 0 radical (unpaired) electrons. The molecule has 1 heterocycles. The lowest BCUT2D eigenvalue weighted by Gasteiger charge is -2.16. The van der Waals surface area contributed by atoms with E-state index in [1.165, 1.54) is 6.07 Å². The molecule has 0 aliphatic rings. The number of anilines is 1. The fourth-order valence-electron chi connectivity index (χ4n) is 1.96. The summed E-state index contributed by atoms with van der Waals surface area (Å²) in [6.45, 7) is 7.18. The lowest BCUT2D eigenvalue weighted by molar-refractivity contribution is 0.303. The van der Waals surface area contributed by atoms with E-state index >= 15 is 0 Å². The van der Waals surface area contributed by atoms with Gasteiger partial charge in [-0.1, -0.05) is 19.0 Å². The first-order valence-corrected chi connectivity index (χ1v) is 6.77.